The number of aromatic hydroxyl groups is 2. The van der Waals surface area contributed by atoms with E-state index in [0.29, 0.717) is 4.90 Å². The summed E-state index contributed by atoms with van der Waals surface area (Å²) >= 11 is 0. The highest BCUT2D eigenvalue weighted by atomic mass is 16.6. The van der Waals surface area contributed by atoms with Crippen molar-refractivity contribution in [1.82, 2.24) is 0 Å². The molecule has 0 aliphatic carbocycles. The molecule has 18 heavy (non-hydrogen) atoms. The molecule has 1 fully saturated rings. The highest BCUT2D eigenvalue weighted by Gasteiger charge is 2.37. The first-order valence-corrected chi connectivity index (χ1v) is 4.98. The van der Waals surface area contributed by atoms with E-state index >= 15 is 0 Å². The van der Waals surface area contributed by atoms with Crippen LogP contribution in [0.4, 0.5) is 11.4 Å². The van der Waals surface area contributed by atoms with Crippen LogP contribution in [0.25, 0.3) is 0 Å². The number of benzene rings is 1. The molecule has 2 N–H and O–H groups in total. The van der Waals surface area contributed by atoms with Crippen LogP contribution in [0.2, 0.25) is 0 Å². The van der Waals surface area contributed by atoms with Gasteiger partial charge in [0.2, 0.25) is 11.8 Å². The number of amides is 2. The van der Waals surface area contributed by atoms with E-state index in [1.54, 1.807) is 0 Å². The number of hydrogen-bond acceptors (Lipinski definition) is 6. The molecular formula is C10H8N2O6. The fourth-order valence-corrected chi connectivity index (χ4v) is 1.78. The molecule has 0 radical (unpaired) electrons. The van der Waals surface area contributed by atoms with Crippen LogP contribution in [0.15, 0.2) is 12.1 Å². The summed E-state index contributed by atoms with van der Waals surface area (Å²) in [5.41, 5.74) is -1.19. The second-order valence-electron chi connectivity index (χ2n) is 3.71. The lowest BCUT2D eigenvalue weighted by atomic mass is 10.2. The van der Waals surface area contributed by atoms with Crippen molar-refractivity contribution in [3.05, 3.63) is 22.2 Å². The number of nitro benzene ring substituents is 1. The number of carbonyl (C=O) groups excluding carboxylic acids is 2. The van der Waals surface area contributed by atoms with Crippen molar-refractivity contribution in [2.45, 2.75) is 12.8 Å². The van der Waals surface area contributed by atoms with Gasteiger partial charge in [-0.1, -0.05) is 0 Å². The molecule has 0 spiro atoms. The molecule has 1 heterocycles. The molecule has 2 rings (SSSR count). The Morgan fingerprint density at radius 1 is 1.17 bits per heavy atom. The number of hydrogen-bond donors (Lipinski definition) is 2. The van der Waals surface area contributed by atoms with Crippen LogP contribution >= 0.6 is 0 Å². The van der Waals surface area contributed by atoms with Crippen LogP contribution in [0.5, 0.6) is 11.5 Å². The lowest BCUT2D eigenvalue weighted by Gasteiger charge is -2.15. The van der Waals surface area contributed by atoms with Gasteiger partial charge in [0.25, 0.3) is 0 Å². The minimum Gasteiger partial charge on any atom is -0.508 e. The zero-order chi connectivity index (χ0) is 13.4. The summed E-state index contributed by atoms with van der Waals surface area (Å²) in [7, 11) is 0. The van der Waals surface area contributed by atoms with Gasteiger partial charge < -0.3 is 10.2 Å². The largest absolute Gasteiger partial charge is 0.508 e. The minimum atomic E-state index is -0.881. The summed E-state index contributed by atoms with van der Waals surface area (Å²) in [6.07, 6.45) is -0.118. The SMILES string of the molecule is O=C1CCC(=O)N1c1c(O)cc(O)cc1[N+](=O)[O-]. The van der Waals surface area contributed by atoms with Gasteiger partial charge in [-0.3, -0.25) is 19.7 Å². The maximum Gasteiger partial charge on any atom is 0.300 e. The van der Waals surface area contributed by atoms with Crippen LogP contribution in [-0.2, 0) is 9.59 Å². The Morgan fingerprint density at radius 3 is 2.22 bits per heavy atom. The van der Waals surface area contributed by atoms with Crippen LogP contribution in [0.1, 0.15) is 12.8 Å². The van der Waals surface area contributed by atoms with Gasteiger partial charge in [-0.15, -0.1) is 0 Å². The molecule has 1 aromatic carbocycles. The van der Waals surface area contributed by atoms with Crippen molar-refractivity contribution in [2.24, 2.45) is 0 Å². The van der Waals surface area contributed by atoms with Crippen LogP contribution in [0, 0.1) is 10.1 Å². The summed E-state index contributed by atoms with van der Waals surface area (Å²) < 4.78 is 0. The molecule has 0 aromatic heterocycles. The molecule has 1 aliphatic heterocycles. The van der Waals surface area contributed by atoms with E-state index in [4.69, 9.17) is 0 Å². The van der Waals surface area contributed by atoms with Crippen LogP contribution in [-0.4, -0.2) is 27.0 Å². The second-order valence-corrected chi connectivity index (χ2v) is 3.71. The Hall–Kier alpha value is -2.64. The highest BCUT2D eigenvalue weighted by molar-refractivity contribution is 6.21. The van der Waals surface area contributed by atoms with Crippen LogP contribution in [0.3, 0.4) is 0 Å². The zero-order valence-electron chi connectivity index (χ0n) is 8.99. The molecular weight excluding hydrogens is 244 g/mol. The molecule has 2 amide bonds. The summed E-state index contributed by atoms with van der Waals surface area (Å²) in [5.74, 6) is -2.46. The number of phenolic OH excluding ortho intramolecular Hbond substituents is 2. The highest BCUT2D eigenvalue weighted by Crippen LogP contribution is 2.42. The van der Waals surface area contributed by atoms with Gasteiger partial charge in [0, 0.05) is 18.9 Å². The molecule has 0 bridgehead atoms. The van der Waals surface area contributed by atoms with Gasteiger partial charge in [0.05, 0.1) is 11.0 Å². The summed E-state index contributed by atoms with van der Waals surface area (Å²) in [5, 5.41) is 29.6. The Morgan fingerprint density at radius 2 is 1.72 bits per heavy atom. The number of nitrogens with zero attached hydrogens (tertiary/aromatic N) is 2. The number of carbonyl (C=O) groups is 2. The molecule has 1 aliphatic rings. The first-order chi connectivity index (χ1) is 8.41. The smallest absolute Gasteiger partial charge is 0.300 e. The third-order valence-electron chi connectivity index (χ3n) is 2.53. The monoisotopic (exact) mass is 252 g/mol. The van der Waals surface area contributed by atoms with Crippen molar-refractivity contribution in [1.29, 1.82) is 0 Å². The van der Waals surface area contributed by atoms with E-state index in [-0.39, 0.29) is 12.8 Å². The Labute approximate surface area is 100 Å². The average molecular weight is 252 g/mol. The molecule has 8 heteroatoms. The lowest BCUT2D eigenvalue weighted by molar-refractivity contribution is -0.384. The molecule has 0 saturated carbocycles. The van der Waals surface area contributed by atoms with Crippen molar-refractivity contribution in [3.63, 3.8) is 0 Å². The maximum absolute atomic E-state index is 11.5. The molecule has 0 unspecified atom stereocenters. The van der Waals surface area contributed by atoms with Crippen molar-refractivity contribution in [2.75, 3.05) is 4.90 Å². The van der Waals surface area contributed by atoms with Gasteiger partial charge in [0.1, 0.15) is 5.75 Å². The molecule has 1 aromatic rings. The summed E-state index contributed by atoms with van der Waals surface area (Å²) in [4.78, 5) is 33.5. The topological polar surface area (TPSA) is 121 Å². The third kappa shape index (κ3) is 1.73. The normalized spacial score (nSPS) is 15.2. The van der Waals surface area contributed by atoms with Crippen molar-refractivity contribution >= 4 is 23.2 Å². The Balaban J connectivity index is 2.66. The standard InChI is InChI=1S/C10H8N2O6/c13-5-3-6(12(17)18)10(7(14)4-5)11-8(15)1-2-9(11)16/h3-4,13-14H,1-2H2. The fraction of sp³-hybridized carbons (Fsp3) is 0.200. The van der Waals surface area contributed by atoms with Gasteiger partial charge >= 0.3 is 5.69 Å². The molecule has 94 valence electrons. The van der Waals surface area contributed by atoms with Gasteiger partial charge in [-0.2, -0.15) is 0 Å². The average Bonchev–Trinajstić information content (AvgIpc) is 2.58. The van der Waals surface area contributed by atoms with E-state index < -0.39 is 39.6 Å². The Bertz CT molecular complexity index is 552. The number of imide groups is 1. The van der Waals surface area contributed by atoms with E-state index in [1.807, 2.05) is 0 Å². The number of nitro groups is 1. The Kier molecular flexibility index (Phi) is 2.62. The van der Waals surface area contributed by atoms with Gasteiger partial charge in [-0.25, -0.2) is 4.90 Å². The predicted octanol–water partition coefficient (Wildman–Crippen LogP) is 0.659. The first-order valence-electron chi connectivity index (χ1n) is 4.98. The van der Waals surface area contributed by atoms with Crippen molar-refractivity contribution in [3.8, 4) is 11.5 Å². The number of phenols is 2. The molecule has 0 atom stereocenters. The van der Waals surface area contributed by atoms with Gasteiger partial charge in [0.15, 0.2) is 11.4 Å². The number of anilines is 1. The van der Waals surface area contributed by atoms with Gasteiger partial charge in [-0.05, 0) is 0 Å². The fourth-order valence-electron chi connectivity index (χ4n) is 1.78. The quantitative estimate of drug-likeness (QED) is 0.453. The van der Waals surface area contributed by atoms with Crippen molar-refractivity contribution < 1.29 is 24.7 Å². The van der Waals surface area contributed by atoms with E-state index in [2.05, 4.69) is 0 Å². The van der Waals surface area contributed by atoms with Crippen LogP contribution < -0.4 is 4.90 Å². The van der Waals surface area contributed by atoms with E-state index in [0.717, 1.165) is 12.1 Å². The second kappa shape index (κ2) is 3.99. The predicted molar refractivity (Wildman–Crippen MR) is 58.2 cm³/mol. The minimum absolute atomic E-state index is 0.0592. The summed E-state index contributed by atoms with van der Waals surface area (Å²) in [6.45, 7) is 0. The third-order valence-corrected chi connectivity index (χ3v) is 2.53. The molecule has 8 nitrogen and oxygen atoms in total. The lowest BCUT2D eigenvalue weighted by Crippen LogP contribution is -2.29. The van der Waals surface area contributed by atoms with E-state index in [9.17, 15) is 29.9 Å². The zero-order valence-corrected chi connectivity index (χ0v) is 8.99. The summed E-state index contributed by atoms with van der Waals surface area (Å²) in [6, 6.07) is 1.61. The number of rotatable bonds is 2. The first kappa shape index (κ1) is 11.8. The van der Waals surface area contributed by atoms with E-state index in [1.165, 1.54) is 0 Å². The molecule has 1 saturated heterocycles. The maximum atomic E-state index is 11.5.